The molecule has 1 N–H and O–H groups in total. The van der Waals surface area contributed by atoms with Crippen molar-refractivity contribution in [1.29, 1.82) is 0 Å². The molecule has 4 heteroatoms. The van der Waals surface area contributed by atoms with Gasteiger partial charge in [-0.3, -0.25) is 14.5 Å². The molecule has 2 fully saturated rings. The van der Waals surface area contributed by atoms with Crippen molar-refractivity contribution in [1.82, 2.24) is 10.2 Å². The number of likely N-dealkylation sites (N-methyl/N-ethyl adjacent to an activating group) is 1. The van der Waals surface area contributed by atoms with Gasteiger partial charge in [0.2, 0.25) is 5.91 Å². The second kappa shape index (κ2) is 7.92. The van der Waals surface area contributed by atoms with Gasteiger partial charge in [-0.25, -0.2) is 0 Å². The van der Waals surface area contributed by atoms with E-state index in [1.165, 1.54) is 12.8 Å². The van der Waals surface area contributed by atoms with E-state index in [1.807, 2.05) is 6.92 Å². The lowest BCUT2D eigenvalue weighted by molar-refractivity contribution is -0.135. The fourth-order valence-corrected chi connectivity index (χ4v) is 3.98. The zero-order valence-corrected chi connectivity index (χ0v) is 13.6. The van der Waals surface area contributed by atoms with Crippen LogP contribution in [-0.2, 0) is 9.59 Å². The quantitative estimate of drug-likeness (QED) is 0.818. The molecule has 0 aromatic rings. The predicted octanol–water partition coefficient (Wildman–Crippen LogP) is 2.37. The van der Waals surface area contributed by atoms with E-state index in [4.69, 9.17) is 0 Å². The fourth-order valence-electron chi connectivity index (χ4n) is 3.98. The Labute approximate surface area is 128 Å². The molecule has 120 valence electrons. The van der Waals surface area contributed by atoms with Crippen LogP contribution in [-0.4, -0.2) is 42.3 Å². The summed E-state index contributed by atoms with van der Waals surface area (Å²) in [5.41, 5.74) is 0. The number of carbonyl (C=O) groups is 2. The first kappa shape index (κ1) is 16.5. The number of Topliss-reactive ketones (excluding diaryl/α,β-unsaturated/α-hetero) is 1. The highest BCUT2D eigenvalue weighted by atomic mass is 16.2. The molecule has 4 nitrogen and oxygen atoms in total. The fraction of sp³-hybridized carbons (Fsp3) is 0.882. The zero-order chi connectivity index (χ0) is 15.2. The van der Waals surface area contributed by atoms with E-state index in [9.17, 15) is 9.59 Å². The maximum Gasteiger partial charge on any atom is 0.223 e. The van der Waals surface area contributed by atoms with Crippen LogP contribution in [0.5, 0.6) is 0 Å². The Bertz CT molecular complexity index is 370. The van der Waals surface area contributed by atoms with E-state index < -0.39 is 0 Å². The van der Waals surface area contributed by atoms with E-state index in [0.717, 1.165) is 45.3 Å². The number of nitrogens with zero attached hydrogens (tertiary/aromatic N) is 1. The number of ketones is 1. The van der Waals surface area contributed by atoms with Crippen LogP contribution in [0.3, 0.4) is 0 Å². The maximum atomic E-state index is 12.5. The summed E-state index contributed by atoms with van der Waals surface area (Å²) in [5.74, 6) is 0.271. The summed E-state index contributed by atoms with van der Waals surface area (Å²) in [6, 6.07) is 0.489. The van der Waals surface area contributed by atoms with Gasteiger partial charge in [0.15, 0.2) is 0 Å². The van der Waals surface area contributed by atoms with Gasteiger partial charge < -0.3 is 5.32 Å². The van der Waals surface area contributed by atoms with Crippen LogP contribution in [0, 0.1) is 11.8 Å². The molecule has 0 bridgehead atoms. The smallest absolute Gasteiger partial charge is 0.223 e. The first-order valence-electron chi connectivity index (χ1n) is 8.71. The Kier molecular flexibility index (Phi) is 6.22. The van der Waals surface area contributed by atoms with Crippen molar-refractivity contribution >= 4 is 11.7 Å². The standard InChI is InChI=1S/C17H30N2O2/c1-3-16(20)14-9-5-6-10-15(14)17(21)18-12-13-8-7-11-19(13)4-2/h13-15H,3-12H2,1-2H3,(H,18,21)/t13-,14+,15-/m1/s1. The summed E-state index contributed by atoms with van der Waals surface area (Å²) < 4.78 is 0. The molecule has 1 saturated carbocycles. The van der Waals surface area contributed by atoms with Crippen LogP contribution in [0.2, 0.25) is 0 Å². The Morgan fingerprint density at radius 2 is 1.76 bits per heavy atom. The zero-order valence-electron chi connectivity index (χ0n) is 13.6. The number of hydrogen-bond acceptors (Lipinski definition) is 3. The minimum Gasteiger partial charge on any atom is -0.354 e. The van der Waals surface area contributed by atoms with Crippen LogP contribution in [0.15, 0.2) is 0 Å². The van der Waals surface area contributed by atoms with Gasteiger partial charge in [0.25, 0.3) is 0 Å². The number of amides is 1. The molecular formula is C17H30N2O2. The van der Waals surface area contributed by atoms with Gasteiger partial charge in [-0.05, 0) is 38.8 Å². The Morgan fingerprint density at radius 3 is 2.43 bits per heavy atom. The minimum absolute atomic E-state index is 0.0328. The molecular weight excluding hydrogens is 264 g/mol. The molecule has 2 rings (SSSR count). The molecule has 2 aliphatic rings. The van der Waals surface area contributed by atoms with Crippen LogP contribution in [0.4, 0.5) is 0 Å². The van der Waals surface area contributed by atoms with Gasteiger partial charge in [-0.1, -0.05) is 26.7 Å². The molecule has 1 amide bonds. The van der Waals surface area contributed by atoms with E-state index in [1.54, 1.807) is 0 Å². The highest BCUT2D eigenvalue weighted by Crippen LogP contribution is 2.31. The Hall–Kier alpha value is -0.900. The van der Waals surface area contributed by atoms with Crippen molar-refractivity contribution < 1.29 is 9.59 Å². The highest BCUT2D eigenvalue weighted by molar-refractivity contribution is 5.88. The van der Waals surface area contributed by atoms with E-state index in [-0.39, 0.29) is 23.5 Å². The minimum atomic E-state index is -0.0809. The largest absolute Gasteiger partial charge is 0.354 e. The maximum absolute atomic E-state index is 12.5. The van der Waals surface area contributed by atoms with E-state index in [0.29, 0.717) is 12.5 Å². The molecule has 1 aliphatic heterocycles. The van der Waals surface area contributed by atoms with Crippen LogP contribution >= 0.6 is 0 Å². The third-order valence-corrected chi connectivity index (χ3v) is 5.28. The second-order valence-corrected chi connectivity index (χ2v) is 6.49. The van der Waals surface area contributed by atoms with Crippen LogP contribution in [0.25, 0.3) is 0 Å². The molecule has 1 aliphatic carbocycles. The lowest BCUT2D eigenvalue weighted by Gasteiger charge is -2.30. The number of rotatable bonds is 6. The van der Waals surface area contributed by atoms with Crippen LogP contribution < -0.4 is 5.32 Å². The third kappa shape index (κ3) is 4.06. The lowest BCUT2D eigenvalue weighted by Crippen LogP contribution is -2.45. The highest BCUT2D eigenvalue weighted by Gasteiger charge is 2.35. The van der Waals surface area contributed by atoms with Gasteiger partial charge in [-0.2, -0.15) is 0 Å². The molecule has 0 unspecified atom stereocenters. The molecule has 0 aromatic heterocycles. The van der Waals surface area contributed by atoms with E-state index >= 15 is 0 Å². The van der Waals surface area contributed by atoms with Crippen molar-refractivity contribution in [3.63, 3.8) is 0 Å². The van der Waals surface area contributed by atoms with Gasteiger partial charge in [0, 0.05) is 30.8 Å². The topological polar surface area (TPSA) is 49.4 Å². The number of likely N-dealkylation sites (tertiary alicyclic amines) is 1. The van der Waals surface area contributed by atoms with Gasteiger partial charge in [0.05, 0.1) is 0 Å². The third-order valence-electron chi connectivity index (χ3n) is 5.28. The predicted molar refractivity (Wildman–Crippen MR) is 84.0 cm³/mol. The number of carbonyl (C=O) groups excluding carboxylic acids is 2. The summed E-state index contributed by atoms with van der Waals surface area (Å²) in [5, 5.41) is 3.13. The number of nitrogens with one attached hydrogen (secondary N) is 1. The average molecular weight is 294 g/mol. The first-order chi connectivity index (χ1) is 10.2. The average Bonchev–Trinajstić information content (AvgIpc) is 2.99. The normalized spacial score (nSPS) is 30.3. The molecule has 0 spiro atoms. The Morgan fingerprint density at radius 1 is 1.05 bits per heavy atom. The summed E-state index contributed by atoms with van der Waals surface area (Å²) in [7, 11) is 0. The lowest BCUT2D eigenvalue weighted by atomic mass is 9.76. The first-order valence-corrected chi connectivity index (χ1v) is 8.71. The SMILES string of the molecule is CCC(=O)[C@H]1CCCC[C@H]1C(=O)NC[C@H]1CCCN1CC. The van der Waals surface area contributed by atoms with E-state index in [2.05, 4.69) is 17.1 Å². The van der Waals surface area contributed by atoms with Gasteiger partial charge >= 0.3 is 0 Å². The summed E-state index contributed by atoms with van der Waals surface area (Å²) in [6.07, 6.45) is 6.91. The van der Waals surface area contributed by atoms with Crippen molar-refractivity contribution in [2.45, 2.75) is 64.8 Å². The van der Waals surface area contributed by atoms with Crippen molar-refractivity contribution in [3.05, 3.63) is 0 Å². The number of hydrogen-bond donors (Lipinski definition) is 1. The molecule has 21 heavy (non-hydrogen) atoms. The van der Waals surface area contributed by atoms with Crippen molar-refractivity contribution in [2.24, 2.45) is 11.8 Å². The second-order valence-electron chi connectivity index (χ2n) is 6.49. The Balaban J connectivity index is 1.87. The monoisotopic (exact) mass is 294 g/mol. The molecule has 0 radical (unpaired) electrons. The molecule has 1 saturated heterocycles. The van der Waals surface area contributed by atoms with Gasteiger partial charge in [0.1, 0.15) is 5.78 Å². The molecule has 0 aromatic carbocycles. The molecule has 1 heterocycles. The summed E-state index contributed by atoms with van der Waals surface area (Å²) >= 11 is 0. The summed E-state index contributed by atoms with van der Waals surface area (Å²) in [4.78, 5) is 27.0. The van der Waals surface area contributed by atoms with Crippen molar-refractivity contribution in [3.8, 4) is 0 Å². The molecule has 3 atom stereocenters. The van der Waals surface area contributed by atoms with Gasteiger partial charge in [-0.15, -0.1) is 0 Å². The summed E-state index contributed by atoms with van der Waals surface area (Å²) in [6.45, 7) is 7.04. The van der Waals surface area contributed by atoms with Crippen LogP contribution in [0.1, 0.15) is 58.8 Å². The van der Waals surface area contributed by atoms with Crippen molar-refractivity contribution in [2.75, 3.05) is 19.6 Å².